The van der Waals surface area contributed by atoms with Gasteiger partial charge in [0.25, 0.3) is 0 Å². The van der Waals surface area contributed by atoms with Gasteiger partial charge in [0.15, 0.2) is 23.1 Å². The van der Waals surface area contributed by atoms with Crippen LogP contribution in [-0.4, -0.2) is 23.1 Å². The summed E-state index contributed by atoms with van der Waals surface area (Å²) in [5, 5.41) is 0. The molecule has 0 atom stereocenters. The van der Waals surface area contributed by atoms with Gasteiger partial charge in [-0.25, -0.2) is 0 Å². The highest BCUT2D eigenvalue weighted by molar-refractivity contribution is 6.35. The van der Waals surface area contributed by atoms with Crippen molar-refractivity contribution >= 4 is 40.2 Å². The van der Waals surface area contributed by atoms with E-state index in [1.165, 1.54) is 18.2 Å². The van der Waals surface area contributed by atoms with Crippen LogP contribution in [0.5, 0.6) is 0 Å². The third-order valence-electron chi connectivity index (χ3n) is 6.66. The molecule has 35 heavy (non-hydrogen) atoms. The second-order valence-electron chi connectivity index (χ2n) is 8.54. The Kier molecular flexibility index (Phi) is 4.10. The fourth-order valence-electron chi connectivity index (χ4n) is 5.07. The molecule has 0 saturated heterocycles. The first-order chi connectivity index (χ1) is 16.8. The minimum Gasteiger partial charge on any atom is -0.398 e. The number of benzene rings is 4. The van der Waals surface area contributed by atoms with Crippen molar-refractivity contribution in [2.24, 2.45) is 0 Å². The van der Waals surface area contributed by atoms with Crippen LogP contribution in [0.3, 0.4) is 0 Å². The van der Waals surface area contributed by atoms with E-state index in [0.717, 1.165) is 0 Å². The molecule has 0 bridgehead atoms. The van der Waals surface area contributed by atoms with E-state index in [1.54, 1.807) is 48.5 Å². The van der Waals surface area contributed by atoms with Gasteiger partial charge < -0.3 is 17.2 Å². The van der Waals surface area contributed by atoms with E-state index in [0.29, 0.717) is 11.1 Å². The maximum Gasteiger partial charge on any atom is 0.198 e. The molecule has 2 aliphatic carbocycles. The Hall–Kier alpha value is -5.04. The largest absolute Gasteiger partial charge is 0.398 e. The normalized spacial score (nSPS) is 13.7. The zero-order chi connectivity index (χ0) is 24.6. The molecule has 0 amide bonds. The second kappa shape index (κ2) is 6.98. The minimum absolute atomic E-state index is 0.0264. The number of fused-ring (bicyclic) bond motifs is 4. The summed E-state index contributed by atoms with van der Waals surface area (Å²) >= 11 is 0. The van der Waals surface area contributed by atoms with Crippen LogP contribution in [0.1, 0.15) is 63.7 Å². The minimum atomic E-state index is -0.468. The van der Waals surface area contributed by atoms with E-state index in [-0.39, 0.29) is 73.1 Å². The molecule has 0 spiro atoms. The Morgan fingerprint density at radius 3 is 1.34 bits per heavy atom. The number of anilines is 3. The zero-order valence-electron chi connectivity index (χ0n) is 18.2. The Morgan fingerprint density at radius 1 is 0.343 bits per heavy atom. The lowest BCUT2D eigenvalue weighted by molar-refractivity contribution is 0.0979. The molecule has 4 aromatic carbocycles. The van der Waals surface area contributed by atoms with E-state index in [1.807, 2.05) is 0 Å². The number of nitrogens with two attached hydrogens (primary N) is 3. The average Bonchev–Trinajstić information content (AvgIpc) is 2.85. The molecule has 0 aliphatic heterocycles. The lowest BCUT2D eigenvalue weighted by Gasteiger charge is -2.25. The summed E-state index contributed by atoms with van der Waals surface area (Å²) in [7, 11) is 0. The standard InChI is InChI=1S/C28H17N3O4/c29-17-7-3-6-16-20(17)28(35)24-19(31)11-9-13(22(24)27(16)34)12-8-10-18(30)23-21(12)25(32)14-4-1-2-5-15(14)26(23)33/h1-11H,29-31H2. The van der Waals surface area contributed by atoms with Gasteiger partial charge in [0.2, 0.25) is 0 Å². The third kappa shape index (κ3) is 2.60. The van der Waals surface area contributed by atoms with Crippen molar-refractivity contribution in [3.05, 3.63) is 111 Å². The summed E-state index contributed by atoms with van der Waals surface area (Å²) in [6, 6.07) is 17.4. The quantitative estimate of drug-likeness (QED) is 0.318. The highest BCUT2D eigenvalue weighted by Crippen LogP contribution is 2.43. The van der Waals surface area contributed by atoms with Crippen LogP contribution in [-0.2, 0) is 0 Å². The molecule has 4 aromatic rings. The van der Waals surface area contributed by atoms with Crippen LogP contribution in [0.15, 0.2) is 66.7 Å². The predicted octanol–water partition coefficient (Wildman–Crippen LogP) is 3.65. The number of hydrogen-bond donors (Lipinski definition) is 3. The molecule has 0 fully saturated rings. The first-order valence-corrected chi connectivity index (χ1v) is 10.8. The molecule has 0 aromatic heterocycles. The van der Waals surface area contributed by atoms with Crippen LogP contribution in [0.25, 0.3) is 11.1 Å². The Morgan fingerprint density at radius 2 is 0.771 bits per heavy atom. The summed E-state index contributed by atoms with van der Waals surface area (Å²) in [5.41, 5.74) is 20.5. The van der Waals surface area contributed by atoms with Crippen molar-refractivity contribution < 1.29 is 19.2 Å². The van der Waals surface area contributed by atoms with Crippen LogP contribution in [0.2, 0.25) is 0 Å². The number of nitrogen functional groups attached to an aromatic ring is 3. The van der Waals surface area contributed by atoms with Crippen molar-refractivity contribution in [1.29, 1.82) is 0 Å². The van der Waals surface area contributed by atoms with E-state index in [9.17, 15) is 19.2 Å². The molecule has 2 aliphatic rings. The number of ketones is 4. The van der Waals surface area contributed by atoms with E-state index in [4.69, 9.17) is 17.2 Å². The van der Waals surface area contributed by atoms with Gasteiger partial charge in [-0.05, 0) is 29.3 Å². The second-order valence-corrected chi connectivity index (χ2v) is 8.54. The number of carbonyl (C=O) groups excluding carboxylic acids is 4. The van der Waals surface area contributed by atoms with Gasteiger partial charge in [-0.15, -0.1) is 0 Å². The molecule has 7 heteroatoms. The smallest absolute Gasteiger partial charge is 0.198 e. The van der Waals surface area contributed by atoms with Gasteiger partial charge >= 0.3 is 0 Å². The maximum absolute atomic E-state index is 13.7. The molecule has 7 nitrogen and oxygen atoms in total. The van der Waals surface area contributed by atoms with Crippen LogP contribution < -0.4 is 17.2 Å². The van der Waals surface area contributed by atoms with Crippen LogP contribution >= 0.6 is 0 Å². The Balaban J connectivity index is 1.68. The zero-order valence-corrected chi connectivity index (χ0v) is 18.2. The number of hydrogen-bond acceptors (Lipinski definition) is 7. The van der Waals surface area contributed by atoms with Crippen LogP contribution in [0, 0.1) is 0 Å². The van der Waals surface area contributed by atoms with E-state index >= 15 is 0 Å². The van der Waals surface area contributed by atoms with Crippen molar-refractivity contribution in [2.45, 2.75) is 0 Å². The van der Waals surface area contributed by atoms with Gasteiger partial charge in [0.05, 0.1) is 16.7 Å². The molecule has 6 N–H and O–H groups in total. The average molecular weight is 459 g/mol. The summed E-state index contributed by atoms with van der Waals surface area (Å²) < 4.78 is 0. The molecule has 0 saturated carbocycles. The van der Waals surface area contributed by atoms with Crippen LogP contribution in [0.4, 0.5) is 17.1 Å². The Labute approximate surface area is 199 Å². The topological polar surface area (TPSA) is 146 Å². The molecular formula is C28H17N3O4. The third-order valence-corrected chi connectivity index (χ3v) is 6.66. The fourth-order valence-corrected chi connectivity index (χ4v) is 5.07. The monoisotopic (exact) mass is 459 g/mol. The fraction of sp³-hybridized carbons (Fsp3) is 0. The van der Waals surface area contributed by atoms with Crippen molar-refractivity contribution in [3.8, 4) is 11.1 Å². The Bertz CT molecular complexity index is 1700. The predicted molar refractivity (Wildman–Crippen MR) is 132 cm³/mol. The lowest BCUT2D eigenvalue weighted by atomic mass is 9.75. The first-order valence-electron chi connectivity index (χ1n) is 10.8. The number of rotatable bonds is 1. The molecule has 0 unspecified atom stereocenters. The summed E-state index contributed by atoms with van der Waals surface area (Å²) in [6.07, 6.45) is 0. The van der Waals surface area contributed by atoms with Crippen molar-refractivity contribution in [2.75, 3.05) is 17.2 Å². The summed E-state index contributed by atoms with van der Waals surface area (Å²) in [4.78, 5) is 54.1. The number of carbonyl (C=O) groups is 4. The van der Waals surface area contributed by atoms with E-state index in [2.05, 4.69) is 0 Å². The van der Waals surface area contributed by atoms with Gasteiger partial charge in [-0.1, -0.05) is 48.5 Å². The van der Waals surface area contributed by atoms with Gasteiger partial charge in [-0.2, -0.15) is 0 Å². The van der Waals surface area contributed by atoms with Crippen molar-refractivity contribution in [3.63, 3.8) is 0 Å². The summed E-state index contributed by atoms with van der Waals surface area (Å²) in [6.45, 7) is 0. The van der Waals surface area contributed by atoms with Gasteiger partial charge in [-0.3, -0.25) is 19.2 Å². The SMILES string of the molecule is Nc1cccc2c1C(=O)c1c(N)ccc(-c3ccc(N)c4c3C(=O)c3ccccc3C4=O)c1C2=O. The molecule has 6 rings (SSSR count). The molecule has 0 radical (unpaired) electrons. The lowest BCUT2D eigenvalue weighted by Crippen LogP contribution is -2.26. The van der Waals surface area contributed by atoms with E-state index < -0.39 is 11.6 Å². The van der Waals surface area contributed by atoms with Gasteiger partial charge in [0, 0.05) is 44.9 Å². The van der Waals surface area contributed by atoms with Gasteiger partial charge in [0.1, 0.15) is 0 Å². The molecule has 0 heterocycles. The summed E-state index contributed by atoms with van der Waals surface area (Å²) in [5.74, 6) is -1.67. The highest BCUT2D eigenvalue weighted by Gasteiger charge is 2.38. The highest BCUT2D eigenvalue weighted by atomic mass is 16.1. The molecular weight excluding hydrogens is 442 g/mol. The first kappa shape index (κ1) is 20.6. The molecule has 168 valence electrons. The maximum atomic E-state index is 13.7. The van der Waals surface area contributed by atoms with Crippen molar-refractivity contribution in [1.82, 2.24) is 0 Å².